The molecule has 0 bridgehead atoms. The first kappa shape index (κ1) is 30.5. The molecule has 44 heavy (non-hydrogen) atoms. The van der Waals surface area contributed by atoms with E-state index < -0.39 is 6.03 Å². The monoisotopic (exact) mass is 641 g/mol. The lowest BCUT2D eigenvalue weighted by Crippen LogP contribution is -2.49. The predicted molar refractivity (Wildman–Crippen MR) is 171 cm³/mol. The van der Waals surface area contributed by atoms with Gasteiger partial charge in [0.2, 0.25) is 5.95 Å². The molecular formula is C31H37Cl2N7O4. The number of nitrogens with zero attached hydrogens (tertiary/aromatic N) is 5. The number of aromatic nitrogens is 3. The molecule has 13 heteroatoms. The minimum absolute atomic E-state index is 0.00737. The molecule has 6 rings (SSSR count). The van der Waals surface area contributed by atoms with Crippen molar-refractivity contribution in [2.45, 2.75) is 63.7 Å². The summed E-state index contributed by atoms with van der Waals surface area (Å²) < 4.78 is 12.4. The number of fused-ring (bicyclic) bond motifs is 1. The van der Waals surface area contributed by atoms with Crippen LogP contribution < -0.4 is 35.9 Å². The molecule has 0 saturated heterocycles. The summed E-state index contributed by atoms with van der Waals surface area (Å²) in [5, 5.41) is 3.82. The number of carbonyl (C=O) groups excluding carboxylic acids is 1. The summed E-state index contributed by atoms with van der Waals surface area (Å²) in [4.78, 5) is 39.3. The van der Waals surface area contributed by atoms with Crippen molar-refractivity contribution in [3.05, 3.63) is 62.1 Å². The van der Waals surface area contributed by atoms with Gasteiger partial charge in [0.25, 0.3) is 5.56 Å². The van der Waals surface area contributed by atoms with Crippen molar-refractivity contribution >= 4 is 46.7 Å². The smallest absolute Gasteiger partial charge is 0.330 e. The largest absolute Gasteiger partial charge is 0.495 e. The molecule has 3 unspecified atom stereocenters. The number of rotatable bonds is 8. The highest BCUT2D eigenvalue weighted by Gasteiger charge is 2.38. The molecule has 11 nitrogen and oxygen atoms in total. The molecule has 2 aliphatic carbocycles. The highest BCUT2D eigenvalue weighted by Crippen LogP contribution is 2.48. The van der Waals surface area contributed by atoms with Crippen molar-refractivity contribution in [2.24, 2.45) is 24.6 Å². The standard InChI is InChI=1S/C31H37Cl2N7O4/c1-38-10-9-17(11-25(38)41)15-40-29-20(16-39(31(40)42)28-26(32)23(43-2)13-24(44-3)27(28)33)14-35-30(37-29)36-22-12-19(7-8-21(22)34)18-5-4-6-18/h9-11,13-14,18-19,21-22H,4-8,12,15-16,34H2,1-3H3,(H,35,36,37). The normalized spacial score (nSPS) is 22.0. The number of aryl methyl sites for hydroxylation is 1. The number of benzene rings is 1. The van der Waals surface area contributed by atoms with Gasteiger partial charge in [-0.3, -0.25) is 14.6 Å². The minimum atomic E-state index is -0.429. The molecule has 2 fully saturated rings. The minimum Gasteiger partial charge on any atom is -0.495 e. The maximum Gasteiger partial charge on any atom is 0.330 e. The van der Waals surface area contributed by atoms with Gasteiger partial charge in [-0.25, -0.2) is 9.78 Å². The molecule has 2 aromatic heterocycles. The summed E-state index contributed by atoms with van der Waals surface area (Å²) in [5.74, 6) is 2.89. The van der Waals surface area contributed by atoms with Gasteiger partial charge in [0.05, 0.1) is 33.0 Å². The number of methoxy groups -OCH3 is 2. The predicted octanol–water partition coefficient (Wildman–Crippen LogP) is 5.35. The fourth-order valence-electron chi connectivity index (χ4n) is 6.48. The zero-order valence-corrected chi connectivity index (χ0v) is 26.6. The van der Waals surface area contributed by atoms with Gasteiger partial charge in [-0.15, -0.1) is 0 Å². The lowest BCUT2D eigenvalue weighted by atomic mass is 9.68. The van der Waals surface area contributed by atoms with Crippen LogP contribution in [0.3, 0.4) is 0 Å². The summed E-state index contributed by atoms with van der Waals surface area (Å²) in [6.45, 7) is 0.182. The SMILES string of the molecule is COc1cc(OC)c(Cl)c(N2Cc3cnc(NC4CC(C5CCC5)CCC4N)nc3N(Cc3ccn(C)c(=O)c3)C2=O)c1Cl. The number of pyridine rings is 1. The van der Waals surface area contributed by atoms with E-state index in [9.17, 15) is 9.59 Å². The second kappa shape index (κ2) is 12.5. The Kier molecular flexibility index (Phi) is 8.63. The fraction of sp³-hybridized carbons (Fsp3) is 0.484. The third-order valence-electron chi connectivity index (χ3n) is 9.29. The molecule has 3 aliphatic rings. The van der Waals surface area contributed by atoms with Crippen LogP contribution in [0.1, 0.15) is 49.7 Å². The van der Waals surface area contributed by atoms with Crippen LogP contribution in [0.2, 0.25) is 10.0 Å². The molecule has 3 atom stereocenters. The van der Waals surface area contributed by atoms with E-state index in [1.807, 2.05) is 0 Å². The first-order chi connectivity index (χ1) is 21.2. The van der Waals surface area contributed by atoms with Crippen LogP contribution in [-0.2, 0) is 20.1 Å². The van der Waals surface area contributed by atoms with Crippen LogP contribution in [0.25, 0.3) is 0 Å². The van der Waals surface area contributed by atoms with Crippen LogP contribution in [0, 0.1) is 11.8 Å². The molecule has 0 spiro atoms. The number of nitrogens with one attached hydrogen (secondary N) is 1. The molecule has 2 saturated carbocycles. The van der Waals surface area contributed by atoms with Gasteiger partial charge in [0.1, 0.15) is 27.4 Å². The van der Waals surface area contributed by atoms with Gasteiger partial charge in [-0.05, 0) is 42.7 Å². The van der Waals surface area contributed by atoms with E-state index in [0.717, 1.165) is 25.2 Å². The van der Waals surface area contributed by atoms with Crippen LogP contribution >= 0.6 is 23.2 Å². The highest BCUT2D eigenvalue weighted by molar-refractivity contribution is 6.42. The van der Waals surface area contributed by atoms with E-state index >= 15 is 0 Å². The first-order valence-corrected chi connectivity index (χ1v) is 15.7. The first-order valence-electron chi connectivity index (χ1n) is 14.9. The Bertz CT molecular complexity index is 1600. The van der Waals surface area contributed by atoms with Gasteiger partial charge >= 0.3 is 6.03 Å². The maximum atomic E-state index is 14.3. The molecule has 1 aliphatic heterocycles. The molecule has 3 heterocycles. The third kappa shape index (κ3) is 5.68. The highest BCUT2D eigenvalue weighted by atomic mass is 35.5. The van der Waals surface area contributed by atoms with Crippen molar-refractivity contribution < 1.29 is 14.3 Å². The van der Waals surface area contributed by atoms with Crippen LogP contribution in [0.15, 0.2) is 35.4 Å². The average Bonchev–Trinajstić information content (AvgIpc) is 2.98. The van der Waals surface area contributed by atoms with Crippen molar-refractivity contribution in [1.82, 2.24) is 14.5 Å². The molecule has 2 amide bonds. The quantitative estimate of drug-likeness (QED) is 0.337. The van der Waals surface area contributed by atoms with Crippen LogP contribution in [-0.4, -0.2) is 46.9 Å². The summed E-state index contributed by atoms with van der Waals surface area (Å²) in [5.41, 5.74) is 7.92. The third-order valence-corrected chi connectivity index (χ3v) is 10.0. The zero-order valence-electron chi connectivity index (χ0n) is 25.1. The van der Waals surface area contributed by atoms with E-state index in [1.165, 1.54) is 53.9 Å². The van der Waals surface area contributed by atoms with Gasteiger partial charge < -0.3 is 25.1 Å². The Morgan fingerprint density at radius 1 is 1.05 bits per heavy atom. The van der Waals surface area contributed by atoms with Crippen molar-refractivity contribution in [1.29, 1.82) is 0 Å². The number of hydrogen-bond donors (Lipinski definition) is 2. The second-order valence-electron chi connectivity index (χ2n) is 11.9. The number of hydrogen-bond acceptors (Lipinski definition) is 8. The van der Waals surface area contributed by atoms with Gasteiger partial charge in [0, 0.05) is 49.2 Å². The van der Waals surface area contributed by atoms with Gasteiger partial charge in [-0.2, -0.15) is 4.98 Å². The van der Waals surface area contributed by atoms with E-state index in [4.69, 9.17) is 43.4 Å². The number of anilines is 3. The number of nitrogens with two attached hydrogens (primary N) is 1. The Hall–Kier alpha value is -3.54. The zero-order chi connectivity index (χ0) is 31.1. The van der Waals surface area contributed by atoms with Crippen LogP contribution in [0.4, 0.5) is 22.2 Å². The Morgan fingerprint density at radius 2 is 1.77 bits per heavy atom. The molecule has 234 valence electrons. The maximum absolute atomic E-state index is 14.3. The number of carbonyl (C=O) groups is 1. The lowest BCUT2D eigenvalue weighted by Gasteiger charge is -2.41. The topological polar surface area (TPSA) is 128 Å². The number of ether oxygens (including phenoxy) is 2. The number of halogens is 2. The van der Waals surface area contributed by atoms with Crippen molar-refractivity contribution in [2.75, 3.05) is 29.3 Å². The van der Waals surface area contributed by atoms with E-state index in [1.54, 1.807) is 31.6 Å². The van der Waals surface area contributed by atoms with Gasteiger partial charge in [-0.1, -0.05) is 42.5 Å². The second-order valence-corrected chi connectivity index (χ2v) is 12.7. The molecule has 3 aromatic rings. The number of urea groups is 1. The summed E-state index contributed by atoms with van der Waals surface area (Å²) >= 11 is 13.5. The fourth-order valence-corrected chi connectivity index (χ4v) is 7.19. The Balaban J connectivity index is 1.38. The lowest BCUT2D eigenvalue weighted by molar-refractivity contribution is 0.147. The summed E-state index contributed by atoms with van der Waals surface area (Å²) in [6.07, 6.45) is 10.4. The van der Waals surface area contributed by atoms with Crippen molar-refractivity contribution in [3.8, 4) is 11.5 Å². The number of amides is 2. The molecular weight excluding hydrogens is 605 g/mol. The summed E-state index contributed by atoms with van der Waals surface area (Å²) in [7, 11) is 4.62. The van der Waals surface area contributed by atoms with E-state index in [0.29, 0.717) is 40.3 Å². The van der Waals surface area contributed by atoms with Gasteiger partial charge in [0.15, 0.2) is 0 Å². The Labute approximate surface area is 266 Å². The van der Waals surface area contributed by atoms with Crippen molar-refractivity contribution in [3.63, 3.8) is 0 Å². The Morgan fingerprint density at radius 3 is 2.41 bits per heavy atom. The molecule has 1 aromatic carbocycles. The molecule has 0 radical (unpaired) electrons. The average molecular weight is 643 g/mol. The van der Waals surface area contributed by atoms with E-state index in [-0.39, 0.29) is 46.5 Å². The van der Waals surface area contributed by atoms with Crippen LogP contribution in [0.5, 0.6) is 11.5 Å². The summed E-state index contributed by atoms with van der Waals surface area (Å²) in [6, 6.07) is 4.47. The molecule has 3 N–H and O–H groups in total. The van der Waals surface area contributed by atoms with E-state index in [2.05, 4.69) is 10.3 Å².